The van der Waals surface area contributed by atoms with Gasteiger partial charge >= 0.3 is 11.6 Å². The van der Waals surface area contributed by atoms with E-state index in [-0.39, 0.29) is 17.4 Å². The second-order valence-corrected chi connectivity index (χ2v) is 5.41. The summed E-state index contributed by atoms with van der Waals surface area (Å²) in [4.78, 5) is 18.9. The predicted octanol–water partition coefficient (Wildman–Crippen LogP) is 4.24. The molecule has 8 nitrogen and oxygen atoms in total. The number of nitrogens with zero attached hydrogens (tertiary/aromatic N) is 3. The highest BCUT2D eigenvalue weighted by atomic mass is 16.6. The lowest BCUT2D eigenvalue weighted by Crippen LogP contribution is -2.03. The minimum atomic E-state index is -0.572. The first kappa shape index (κ1) is 17.2. The fourth-order valence-corrected chi connectivity index (χ4v) is 2.31. The van der Waals surface area contributed by atoms with Crippen molar-refractivity contribution >= 4 is 17.2 Å². The van der Waals surface area contributed by atoms with Crippen LogP contribution >= 0.6 is 0 Å². The number of ether oxygens (including phenoxy) is 2. The van der Waals surface area contributed by atoms with Crippen LogP contribution in [0.4, 0.5) is 17.2 Å². The monoisotopic (exact) mass is 352 g/mol. The zero-order valence-electron chi connectivity index (χ0n) is 14.2. The molecule has 1 N–H and O–H groups in total. The molecule has 132 valence electrons. The van der Waals surface area contributed by atoms with Crippen LogP contribution in [0, 0.1) is 17.0 Å². The summed E-state index contributed by atoms with van der Waals surface area (Å²) < 4.78 is 10.7. The van der Waals surface area contributed by atoms with Crippen molar-refractivity contribution in [1.82, 2.24) is 9.97 Å². The number of methoxy groups -OCH3 is 1. The minimum absolute atomic E-state index is 0.0547. The first-order valence-corrected chi connectivity index (χ1v) is 7.72. The van der Waals surface area contributed by atoms with Gasteiger partial charge in [-0.3, -0.25) is 10.1 Å². The van der Waals surface area contributed by atoms with Crippen LogP contribution in [0.15, 0.2) is 54.9 Å². The lowest BCUT2D eigenvalue weighted by atomic mass is 10.2. The largest absolute Gasteiger partial charge is 0.497 e. The maximum absolute atomic E-state index is 11.6. The molecule has 2 aromatic carbocycles. The first-order valence-electron chi connectivity index (χ1n) is 7.72. The number of rotatable bonds is 6. The van der Waals surface area contributed by atoms with Crippen LogP contribution in [0.25, 0.3) is 0 Å². The summed E-state index contributed by atoms with van der Waals surface area (Å²) in [5.41, 5.74) is 1.36. The zero-order chi connectivity index (χ0) is 18.5. The van der Waals surface area contributed by atoms with Crippen LogP contribution in [0.5, 0.6) is 17.4 Å². The summed E-state index contributed by atoms with van der Waals surface area (Å²) in [5, 5.41) is 14.5. The Kier molecular flexibility index (Phi) is 4.93. The van der Waals surface area contributed by atoms with Crippen molar-refractivity contribution in [3.05, 3.63) is 70.5 Å². The van der Waals surface area contributed by atoms with E-state index in [9.17, 15) is 10.1 Å². The van der Waals surface area contributed by atoms with Gasteiger partial charge in [-0.1, -0.05) is 12.1 Å². The average Bonchev–Trinajstić information content (AvgIpc) is 2.62. The molecule has 1 aromatic heterocycles. The smallest absolute Gasteiger partial charge is 0.373 e. The minimum Gasteiger partial charge on any atom is -0.497 e. The van der Waals surface area contributed by atoms with Gasteiger partial charge in [0.05, 0.1) is 12.0 Å². The SMILES string of the molecule is COc1ccc(Oc2ncnc(Nc3cccc(C)c3)c2[N+](=O)[O-])cc1. The van der Waals surface area contributed by atoms with Crippen LogP contribution in [0.1, 0.15) is 5.56 Å². The van der Waals surface area contributed by atoms with E-state index in [0.29, 0.717) is 17.2 Å². The van der Waals surface area contributed by atoms with E-state index in [1.54, 1.807) is 37.4 Å². The third-order valence-electron chi connectivity index (χ3n) is 3.53. The summed E-state index contributed by atoms with van der Waals surface area (Å²) in [6.45, 7) is 1.93. The molecule has 0 saturated carbocycles. The van der Waals surface area contributed by atoms with Gasteiger partial charge in [-0.15, -0.1) is 0 Å². The molecular formula is C18H16N4O4. The van der Waals surface area contributed by atoms with Crippen LogP contribution in [0.3, 0.4) is 0 Å². The van der Waals surface area contributed by atoms with Crippen molar-refractivity contribution in [3.8, 4) is 17.4 Å². The molecule has 0 unspecified atom stereocenters. The Morgan fingerprint density at radius 1 is 1.08 bits per heavy atom. The lowest BCUT2D eigenvalue weighted by molar-refractivity contribution is -0.385. The molecule has 0 atom stereocenters. The molecule has 0 radical (unpaired) electrons. The highest BCUT2D eigenvalue weighted by Crippen LogP contribution is 2.35. The predicted molar refractivity (Wildman–Crippen MR) is 96.2 cm³/mol. The molecule has 0 aliphatic rings. The normalized spacial score (nSPS) is 10.2. The first-order chi connectivity index (χ1) is 12.6. The number of nitrogens with one attached hydrogen (secondary N) is 1. The fourth-order valence-electron chi connectivity index (χ4n) is 2.31. The van der Waals surface area contributed by atoms with Gasteiger partial charge in [-0.25, -0.2) is 4.98 Å². The average molecular weight is 352 g/mol. The number of nitro groups is 1. The maximum Gasteiger partial charge on any atom is 0.373 e. The van der Waals surface area contributed by atoms with Crippen molar-refractivity contribution in [2.24, 2.45) is 0 Å². The summed E-state index contributed by atoms with van der Waals surface area (Å²) in [5.74, 6) is 0.954. The van der Waals surface area contributed by atoms with Crippen molar-refractivity contribution < 1.29 is 14.4 Å². The molecule has 1 heterocycles. The molecule has 0 bridgehead atoms. The highest BCUT2D eigenvalue weighted by molar-refractivity contribution is 5.69. The van der Waals surface area contributed by atoms with E-state index >= 15 is 0 Å². The van der Waals surface area contributed by atoms with Gasteiger partial charge in [0.1, 0.15) is 17.8 Å². The number of aromatic nitrogens is 2. The Bertz CT molecular complexity index is 929. The zero-order valence-corrected chi connectivity index (χ0v) is 14.2. The van der Waals surface area contributed by atoms with E-state index in [1.807, 2.05) is 25.1 Å². The molecule has 0 saturated heterocycles. The van der Waals surface area contributed by atoms with Gasteiger partial charge in [0.2, 0.25) is 5.82 Å². The van der Waals surface area contributed by atoms with E-state index in [4.69, 9.17) is 9.47 Å². The molecule has 3 rings (SSSR count). The van der Waals surface area contributed by atoms with Crippen molar-refractivity contribution in [3.63, 3.8) is 0 Å². The Morgan fingerprint density at radius 2 is 1.81 bits per heavy atom. The van der Waals surface area contributed by atoms with Crippen molar-refractivity contribution in [2.75, 3.05) is 12.4 Å². The second-order valence-electron chi connectivity index (χ2n) is 5.41. The van der Waals surface area contributed by atoms with Gasteiger partial charge in [-0.05, 0) is 48.9 Å². The van der Waals surface area contributed by atoms with E-state index < -0.39 is 4.92 Å². The molecule has 26 heavy (non-hydrogen) atoms. The molecule has 0 fully saturated rings. The van der Waals surface area contributed by atoms with E-state index in [2.05, 4.69) is 15.3 Å². The number of anilines is 2. The maximum atomic E-state index is 11.6. The number of benzene rings is 2. The molecular weight excluding hydrogens is 336 g/mol. The van der Waals surface area contributed by atoms with Gasteiger partial charge in [0.25, 0.3) is 0 Å². The fraction of sp³-hybridized carbons (Fsp3) is 0.111. The summed E-state index contributed by atoms with van der Waals surface area (Å²) in [6, 6.07) is 14.1. The molecule has 0 amide bonds. The van der Waals surface area contributed by atoms with Crippen LogP contribution in [-0.2, 0) is 0 Å². The number of hydrogen-bond donors (Lipinski definition) is 1. The lowest BCUT2D eigenvalue weighted by Gasteiger charge is -2.10. The standard InChI is InChI=1S/C18H16N4O4/c1-12-4-3-5-13(10-12)21-17-16(22(23)24)18(20-11-19-17)26-15-8-6-14(25-2)7-9-15/h3-11H,1-2H3,(H,19,20,21). The Hall–Kier alpha value is -3.68. The Balaban J connectivity index is 1.93. The third-order valence-corrected chi connectivity index (χ3v) is 3.53. The molecule has 3 aromatic rings. The number of hydrogen-bond acceptors (Lipinski definition) is 7. The second kappa shape index (κ2) is 7.47. The van der Waals surface area contributed by atoms with Crippen LogP contribution in [-0.4, -0.2) is 22.0 Å². The van der Waals surface area contributed by atoms with Gasteiger partial charge in [-0.2, -0.15) is 4.98 Å². The van der Waals surface area contributed by atoms with E-state index in [1.165, 1.54) is 6.33 Å². The third kappa shape index (κ3) is 3.86. The van der Waals surface area contributed by atoms with Gasteiger partial charge in [0.15, 0.2) is 0 Å². The van der Waals surface area contributed by atoms with E-state index in [0.717, 1.165) is 5.56 Å². The quantitative estimate of drug-likeness (QED) is 0.523. The Labute approximate surface area is 149 Å². The Morgan fingerprint density at radius 3 is 2.46 bits per heavy atom. The van der Waals surface area contributed by atoms with Crippen LogP contribution < -0.4 is 14.8 Å². The molecule has 0 aliphatic heterocycles. The summed E-state index contributed by atoms with van der Waals surface area (Å²) in [6.07, 6.45) is 1.21. The molecule has 0 spiro atoms. The van der Waals surface area contributed by atoms with Crippen molar-refractivity contribution in [2.45, 2.75) is 6.92 Å². The highest BCUT2D eigenvalue weighted by Gasteiger charge is 2.25. The summed E-state index contributed by atoms with van der Waals surface area (Å²) >= 11 is 0. The molecule has 8 heteroatoms. The van der Waals surface area contributed by atoms with Crippen molar-refractivity contribution in [1.29, 1.82) is 0 Å². The molecule has 0 aliphatic carbocycles. The van der Waals surface area contributed by atoms with Crippen LogP contribution in [0.2, 0.25) is 0 Å². The van der Waals surface area contributed by atoms with Gasteiger partial charge in [0, 0.05) is 5.69 Å². The van der Waals surface area contributed by atoms with Gasteiger partial charge < -0.3 is 14.8 Å². The summed E-state index contributed by atoms with van der Waals surface area (Å²) in [7, 11) is 1.55. The topological polar surface area (TPSA) is 99.4 Å². The number of aryl methyl sites for hydroxylation is 1.